The van der Waals surface area contributed by atoms with Gasteiger partial charge in [-0.15, -0.1) is 0 Å². The van der Waals surface area contributed by atoms with Crippen molar-refractivity contribution in [3.8, 4) is 11.5 Å². The van der Waals surface area contributed by atoms with Crippen LogP contribution < -0.4 is 14.8 Å². The number of anilines is 1. The average Bonchev–Trinajstić information content (AvgIpc) is 2.50. The number of fused-ring (bicyclic) bond motifs is 1. The van der Waals surface area contributed by atoms with Gasteiger partial charge in [0.2, 0.25) is 0 Å². The van der Waals surface area contributed by atoms with Gasteiger partial charge in [0.05, 0.1) is 25.4 Å². The van der Waals surface area contributed by atoms with E-state index in [0.717, 1.165) is 28.0 Å². The van der Waals surface area contributed by atoms with E-state index in [1.165, 1.54) is 6.07 Å². The summed E-state index contributed by atoms with van der Waals surface area (Å²) in [5.41, 5.74) is 1.47. The number of ether oxygens (including phenoxy) is 2. The average molecular weight is 352 g/mol. The van der Waals surface area contributed by atoms with Gasteiger partial charge in [-0.2, -0.15) is 0 Å². The van der Waals surface area contributed by atoms with Crippen LogP contribution in [-0.4, -0.2) is 13.7 Å². The fraction of sp³-hybridized carbons (Fsp3) is 0.250. The van der Waals surface area contributed by atoms with Crippen molar-refractivity contribution in [2.75, 3.05) is 19.0 Å². The number of halogens is 2. The second kappa shape index (κ2) is 5.93. The molecule has 0 bridgehead atoms. The molecule has 0 radical (unpaired) electrons. The van der Waals surface area contributed by atoms with Crippen LogP contribution in [0.4, 0.5) is 10.1 Å². The highest BCUT2D eigenvalue weighted by atomic mass is 79.9. The van der Waals surface area contributed by atoms with Crippen molar-refractivity contribution < 1.29 is 13.9 Å². The first-order chi connectivity index (χ1) is 10.2. The Morgan fingerprint density at radius 2 is 2.14 bits per heavy atom. The lowest BCUT2D eigenvalue weighted by Gasteiger charge is -2.28. The van der Waals surface area contributed by atoms with E-state index < -0.39 is 0 Å². The highest BCUT2D eigenvalue weighted by Gasteiger charge is 2.23. The van der Waals surface area contributed by atoms with Crippen LogP contribution >= 0.6 is 15.9 Å². The van der Waals surface area contributed by atoms with Gasteiger partial charge >= 0.3 is 0 Å². The van der Waals surface area contributed by atoms with Gasteiger partial charge in [0.15, 0.2) is 0 Å². The third-order valence-corrected chi connectivity index (χ3v) is 4.01. The van der Waals surface area contributed by atoms with Crippen LogP contribution in [0, 0.1) is 5.82 Å². The van der Waals surface area contributed by atoms with Gasteiger partial charge in [0, 0.05) is 16.5 Å². The molecule has 0 saturated carbocycles. The summed E-state index contributed by atoms with van der Waals surface area (Å²) in [5, 5.41) is 3.25. The minimum atomic E-state index is -0.277. The molecule has 2 aromatic carbocycles. The molecule has 2 aromatic rings. The van der Waals surface area contributed by atoms with E-state index in [2.05, 4.69) is 21.2 Å². The number of hydrogen-bond donors (Lipinski definition) is 1. The van der Waals surface area contributed by atoms with E-state index in [9.17, 15) is 4.39 Å². The van der Waals surface area contributed by atoms with Crippen molar-refractivity contribution in [1.82, 2.24) is 0 Å². The summed E-state index contributed by atoms with van der Waals surface area (Å²) >= 11 is 3.26. The first-order valence-corrected chi connectivity index (χ1v) is 7.49. The fourth-order valence-corrected chi connectivity index (χ4v) is 2.78. The van der Waals surface area contributed by atoms with E-state index in [4.69, 9.17) is 9.47 Å². The van der Waals surface area contributed by atoms with Crippen LogP contribution in [-0.2, 0) is 0 Å². The molecule has 5 heteroatoms. The molecule has 1 atom stereocenters. The minimum Gasteiger partial charge on any atom is -0.497 e. The van der Waals surface area contributed by atoms with Gasteiger partial charge in [0.25, 0.3) is 0 Å². The predicted octanol–water partition coefficient (Wildman–Crippen LogP) is 4.53. The molecule has 1 N–H and O–H groups in total. The third-order valence-electron chi connectivity index (χ3n) is 3.52. The van der Waals surface area contributed by atoms with Gasteiger partial charge in [-0.05, 0) is 36.4 Å². The molecule has 0 amide bonds. The molecule has 1 aliphatic heterocycles. The van der Waals surface area contributed by atoms with E-state index in [1.807, 2.05) is 24.3 Å². The lowest BCUT2D eigenvalue weighted by Crippen LogP contribution is -2.20. The fourth-order valence-electron chi connectivity index (χ4n) is 2.44. The zero-order valence-electron chi connectivity index (χ0n) is 11.5. The molecule has 3 nitrogen and oxygen atoms in total. The van der Waals surface area contributed by atoms with Gasteiger partial charge in [-0.3, -0.25) is 0 Å². The summed E-state index contributed by atoms with van der Waals surface area (Å²) in [7, 11) is 1.63. The molecule has 1 unspecified atom stereocenters. The van der Waals surface area contributed by atoms with Crippen molar-refractivity contribution in [1.29, 1.82) is 0 Å². The van der Waals surface area contributed by atoms with E-state index >= 15 is 0 Å². The Balaban J connectivity index is 1.90. The highest BCUT2D eigenvalue weighted by Crippen LogP contribution is 2.37. The Morgan fingerprint density at radius 3 is 2.90 bits per heavy atom. The summed E-state index contributed by atoms with van der Waals surface area (Å²) in [6, 6.07) is 10.7. The van der Waals surface area contributed by atoms with Crippen molar-refractivity contribution in [2.24, 2.45) is 0 Å². The van der Waals surface area contributed by atoms with Gasteiger partial charge in [-0.1, -0.05) is 15.9 Å². The van der Waals surface area contributed by atoms with E-state index in [-0.39, 0.29) is 11.9 Å². The van der Waals surface area contributed by atoms with Gasteiger partial charge in [0.1, 0.15) is 17.3 Å². The number of benzene rings is 2. The first-order valence-electron chi connectivity index (χ1n) is 6.69. The maximum absolute atomic E-state index is 14.0. The van der Waals surface area contributed by atoms with E-state index in [1.54, 1.807) is 13.2 Å². The molecular formula is C16H15BrFNO2. The van der Waals surface area contributed by atoms with Crippen LogP contribution in [0.15, 0.2) is 40.9 Å². The standard InChI is InChI=1S/C16H15BrFNO2/c1-20-11-3-5-16-12(9-11)14(6-7-21-16)19-15-4-2-10(17)8-13(15)18/h2-5,8-9,14,19H,6-7H2,1H3. The zero-order valence-corrected chi connectivity index (χ0v) is 13.1. The van der Waals surface area contributed by atoms with Crippen LogP contribution in [0.5, 0.6) is 11.5 Å². The molecular weight excluding hydrogens is 337 g/mol. The lowest BCUT2D eigenvalue weighted by atomic mass is 10.00. The quantitative estimate of drug-likeness (QED) is 0.880. The maximum Gasteiger partial charge on any atom is 0.147 e. The SMILES string of the molecule is COc1ccc2c(c1)C(Nc1ccc(Br)cc1F)CCO2. The highest BCUT2D eigenvalue weighted by molar-refractivity contribution is 9.10. The summed E-state index contributed by atoms with van der Waals surface area (Å²) in [5.74, 6) is 1.31. The van der Waals surface area contributed by atoms with Crippen molar-refractivity contribution in [3.63, 3.8) is 0 Å². The Kier molecular flexibility index (Phi) is 4.01. The molecule has 3 rings (SSSR count). The minimum absolute atomic E-state index is 0.000439. The number of methoxy groups -OCH3 is 1. The Labute approximate surface area is 131 Å². The number of hydrogen-bond acceptors (Lipinski definition) is 3. The third kappa shape index (κ3) is 2.97. The van der Waals surface area contributed by atoms with Crippen LogP contribution in [0.2, 0.25) is 0 Å². The molecule has 110 valence electrons. The monoisotopic (exact) mass is 351 g/mol. The van der Waals surface area contributed by atoms with Gasteiger partial charge < -0.3 is 14.8 Å². The van der Waals surface area contributed by atoms with E-state index in [0.29, 0.717) is 12.3 Å². The largest absolute Gasteiger partial charge is 0.497 e. The molecule has 0 fully saturated rings. The molecule has 0 spiro atoms. The molecule has 0 saturated heterocycles. The van der Waals surface area contributed by atoms with Crippen LogP contribution in [0.25, 0.3) is 0 Å². The Bertz CT molecular complexity index is 663. The van der Waals surface area contributed by atoms with Crippen LogP contribution in [0.3, 0.4) is 0 Å². The summed E-state index contributed by atoms with van der Waals surface area (Å²) in [6.07, 6.45) is 0.773. The predicted molar refractivity (Wildman–Crippen MR) is 83.6 cm³/mol. The summed E-state index contributed by atoms with van der Waals surface area (Å²) in [4.78, 5) is 0. The summed E-state index contributed by atoms with van der Waals surface area (Å²) in [6.45, 7) is 0.606. The number of nitrogens with one attached hydrogen (secondary N) is 1. The second-order valence-corrected chi connectivity index (χ2v) is 5.78. The first kappa shape index (κ1) is 14.2. The molecule has 0 aliphatic carbocycles. The maximum atomic E-state index is 14.0. The Hall–Kier alpha value is -1.75. The zero-order chi connectivity index (χ0) is 14.8. The molecule has 1 aliphatic rings. The second-order valence-electron chi connectivity index (χ2n) is 4.86. The topological polar surface area (TPSA) is 30.5 Å². The normalized spacial score (nSPS) is 16.8. The molecule has 21 heavy (non-hydrogen) atoms. The van der Waals surface area contributed by atoms with Crippen molar-refractivity contribution in [3.05, 3.63) is 52.3 Å². The van der Waals surface area contributed by atoms with Gasteiger partial charge in [-0.25, -0.2) is 4.39 Å². The van der Waals surface area contributed by atoms with Crippen molar-refractivity contribution in [2.45, 2.75) is 12.5 Å². The summed E-state index contributed by atoms with van der Waals surface area (Å²) < 4.78 is 25.6. The van der Waals surface area contributed by atoms with Crippen LogP contribution in [0.1, 0.15) is 18.0 Å². The lowest BCUT2D eigenvalue weighted by molar-refractivity contribution is 0.273. The smallest absolute Gasteiger partial charge is 0.147 e. The molecule has 0 aromatic heterocycles. The molecule has 1 heterocycles. The Morgan fingerprint density at radius 1 is 1.29 bits per heavy atom. The van der Waals surface area contributed by atoms with Crippen molar-refractivity contribution >= 4 is 21.6 Å². The number of rotatable bonds is 3.